The van der Waals surface area contributed by atoms with Crippen molar-refractivity contribution in [2.45, 2.75) is 31.2 Å². The smallest absolute Gasteiger partial charge is 0.381 e. The Morgan fingerprint density at radius 3 is 2.67 bits per heavy atom. The van der Waals surface area contributed by atoms with Crippen LogP contribution in [0.25, 0.3) is 0 Å². The van der Waals surface area contributed by atoms with Crippen LogP contribution >= 0.6 is 11.3 Å². The lowest BCUT2D eigenvalue weighted by molar-refractivity contribution is 0.0351. The molecular formula is C20H25N7O5S. The maximum Gasteiger partial charge on any atom is 0.381 e. The van der Waals surface area contributed by atoms with Gasteiger partial charge in [0.25, 0.3) is 5.91 Å². The molecule has 0 bridgehead atoms. The fourth-order valence-corrected chi connectivity index (χ4v) is 4.61. The van der Waals surface area contributed by atoms with E-state index in [-0.39, 0.29) is 34.6 Å². The normalized spacial score (nSPS) is 21.2. The standard InChI is InChI=1S/C20H25N7O5S/c1-30-8-9-31-15-12(25-20-5-2-11(20)3-6-20)10-13(32-17(15)29)16(28)24-19-27-26-18(33-19)23-14(22)4-7-21/h4,7,10-11,21,25H,2-3,5-6,8-9,22H2,1H3,(H,23,26)(H,24,27,28)/b14-4-,21-7?. The topological polar surface area (TPSA) is 177 Å². The SMILES string of the molecule is COCCOc1c(NC23CCC2CC3)cc(C(=O)Nc2nnc(N/C(N)=C\C=N)s2)oc1=O. The van der Waals surface area contributed by atoms with Gasteiger partial charge in [0.15, 0.2) is 5.76 Å². The molecule has 12 nitrogen and oxygen atoms in total. The molecule has 4 rings (SSSR count). The third kappa shape index (κ3) is 4.83. The summed E-state index contributed by atoms with van der Waals surface area (Å²) >= 11 is 1.03. The quantitative estimate of drug-likeness (QED) is 0.238. The van der Waals surface area contributed by atoms with Gasteiger partial charge >= 0.3 is 5.63 Å². The molecule has 2 saturated carbocycles. The van der Waals surface area contributed by atoms with Crippen LogP contribution in [0.4, 0.5) is 16.0 Å². The predicted octanol–water partition coefficient (Wildman–Crippen LogP) is 1.98. The van der Waals surface area contributed by atoms with Gasteiger partial charge in [-0.2, -0.15) is 0 Å². The molecule has 0 radical (unpaired) electrons. The lowest BCUT2D eigenvalue weighted by Crippen LogP contribution is -2.60. The highest BCUT2D eigenvalue weighted by Gasteiger charge is 2.53. The average Bonchev–Trinajstić information content (AvgIpc) is 3.20. The molecule has 0 aliphatic heterocycles. The summed E-state index contributed by atoms with van der Waals surface area (Å²) in [6.07, 6.45) is 6.67. The fourth-order valence-electron chi connectivity index (χ4n) is 3.95. The Balaban J connectivity index is 1.52. The van der Waals surface area contributed by atoms with Crippen LogP contribution in [0.2, 0.25) is 0 Å². The molecule has 2 fully saturated rings. The summed E-state index contributed by atoms with van der Waals surface area (Å²) < 4.78 is 15.8. The summed E-state index contributed by atoms with van der Waals surface area (Å²) in [4.78, 5) is 25.4. The van der Waals surface area contributed by atoms with E-state index in [2.05, 4.69) is 26.1 Å². The minimum Gasteiger partial charge on any atom is -0.483 e. The van der Waals surface area contributed by atoms with Crippen molar-refractivity contribution in [2.75, 3.05) is 36.3 Å². The first kappa shape index (κ1) is 22.7. The first-order valence-corrected chi connectivity index (χ1v) is 11.2. The molecule has 2 aromatic heterocycles. The number of nitrogens with zero attached hydrogens (tertiary/aromatic N) is 2. The van der Waals surface area contributed by atoms with Gasteiger partial charge in [0.1, 0.15) is 12.4 Å². The molecule has 2 aliphatic rings. The maximum absolute atomic E-state index is 12.8. The van der Waals surface area contributed by atoms with Crippen LogP contribution < -0.4 is 32.0 Å². The van der Waals surface area contributed by atoms with E-state index < -0.39 is 11.5 Å². The summed E-state index contributed by atoms with van der Waals surface area (Å²) in [7, 11) is 1.54. The van der Waals surface area contributed by atoms with Crippen LogP contribution in [0.5, 0.6) is 5.75 Å². The van der Waals surface area contributed by atoms with Gasteiger partial charge in [-0.1, -0.05) is 11.3 Å². The van der Waals surface area contributed by atoms with E-state index in [1.165, 1.54) is 19.3 Å². The first-order valence-electron chi connectivity index (χ1n) is 10.4. The zero-order chi connectivity index (χ0) is 23.4. The molecule has 2 aromatic rings. The maximum atomic E-state index is 12.8. The van der Waals surface area contributed by atoms with Crippen molar-refractivity contribution < 1.29 is 18.7 Å². The van der Waals surface area contributed by atoms with Gasteiger partial charge in [0.2, 0.25) is 16.0 Å². The monoisotopic (exact) mass is 475 g/mol. The third-order valence-corrected chi connectivity index (χ3v) is 6.62. The zero-order valence-corrected chi connectivity index (χ0v) is 18.8. The van der Waals surface area contributed by atoms with Crippen LogP contribution in [0.3, 0.4) is 0 Å². The Hall–Kier alpha value is -3.45. The second-order valence-electron chi connectivity index (χ2n) is 7.82. The van der Waals surface area contributed by atoms with Crippen LogP contribution in [-0.4, -0.2) is 48.2 Å². The highest BCUT2D eigenvalue weighted by molar-refractivity contribution is 7.19. The van der Waals surface area contributed by atoms with Gasteiger partial charge in [0.05, 0.1) is 12.3 Å². The summed E-state index contributed by atoms with van der Waals surface area (Å²) in [5, 5.41) is 24.0. The molecule has 2 heterocycles. The molecule has 2 aliphatic carbocycles. The van der Waals surface area contributed by atoms with Crippen molar-refractivity contribution >= 4 is 39.4 Å². The first-order chi connectivity index (χ1) is 15.9. The van der Waals surface area contributed by atoms with E-state index in [1.807, 2.05) is 0 Å². The number of carbonyl (C=O) groups excluding carboxylic acids is 1. The molecule has 6 N–H and O–H groups in total. The summed E-state index contributed by atoms with van der Waals surface area (Å²) in [5.74, 6) is -0.0298. The van der Waals surface area contributed by atoms with Gasteiger partial charge in [-0.05, 0) is 37.7 Å². The number of nitrogens with two attached hydrogens (primary N) is 1. The number of allylic oxidation sites excluding steroid dienone is 1. The number of aromatic nitrogens is 2. The lowest BCUT2D eigenvalue weighted by atomic mass is 9.53. The van der Waals surface area contributed by atoms with Crippen molar-refractivity contribution in [3.05, 3.63) is 34.1 Å². The second kappa shape index (κ2) is 9.58. The van der Waals surface area contributed by atoms with Gasteiger partial charge in [-0.25, -0.2) is 4.79 Å². The van der Waals surface area contributed by atoms with E-state index in [1.54, 1.807) is 0 Å². The van der Waals surface area contributed by atoms with Crippen molar-refractivity contribution in [3.8, 4) is 5.75 Å². The molecule has 33 heavy (non-hydrogen) atoms. The minimum atomic E-state index is -0.753. The van der Waals surface area contributed by atoms with Crippen LogP contribution in [0, 0.1) is 11.3 Å². The molecule has 0 unspecified atom stereocenters. The number of hydrogen-bond donors (Lipinski definition) is 5. The number of methoxy groups -OCH3 is 1. The van der Waals surface area contributed by atoms with E-state index in [4.69, 9.17) is 25.0 Å². The number of fused-ring (bicyclic) bond motifs is 1. The number of anilines is 3. The minimum absolute atomic E-state index is 0.0337. The van der Waals surface area contributed by atoms with Crippen molar-refractivity contribution in [3.63, 3.8) is 0 Å². The zero-order valence-electron chi connectivity index (χ0n) is 18.0. The van der Waals surface area contributed by atoms with Crippen molar-refractivity contribution in [2.24, 2.45) is 11.7 Å². The Labute approximate surface area is 193 Å². The number of ether oxygens (including phenoxy) is 2. The van der Waals surface area contributed by atoms with Crippen LogP contribution in [0.15, 0.2) is 27.2 Å². The van der Waals surface area contributed by atoms with Gasteiger partial charge in [0, 0.05) is 24.9 Å². The second-order valence-corrected chi connectivity index (χ2v) is 8.80. The number of carbonyl (C=O) groups is 1. The van der Waals surface area contributed by atoms with Crippen LogP contribution in [0.1, 0.15) is 36.2 Å². The third-order valence-electron chi connectivity index (χ3n) is 5.87. The van der Waals surface area contributed by atoms with Crippen molar-refractivity contribution in [1.29, 1.82) is 5.41 Å². The van der Waals surface area contributed by atoms with E-state index in [0.717, 1.165) is 43.2 Å². The van der Waals surface area contributed by atoms with E-state index >= 15 is 0 Å². The molecule has 13 heteroatoms. The largest absolute Gasteiger partial charge is 0.483 e. The fraction of sp³-hybridized carbons (Fsp3) is 0.450. The van der Waals surface area contributed by atoms with Gasteiger partial charge < -0.3 is 35.7 Å². The molecule has 0 aromatic carbocycles. The Morgan fingerprint density at radius 2 is 2.06 bits per heavy atom. The highest BCUT2D eigenvalue weighted by atomic mass is 32.1. The van der Waals surface area contributed by atoms with Crippen LogP contribution in [-0.2, 0) is 4.74 Å². The number of rotatable bonds is 11. The Morgan fingerprint density at radius 1 is 1.33 bits per heavy atom. The van der Waals surface area contributed by atoms with E-state index in [9.17, 15) is 9.59 Å². The van der Waals surface area contributed by atoms with Gasteiger partial charge in [-0.15, -0.1) is 10.2 Å². The predicted molar refractivity (Wildman–Crippen MR) is 123 cm³/mol. The molecule has 0 spiro atoms. The Bertz CT molecular complexity index is 1120. The summed E-state index contributed by atoms with van der Waals surface area (Å²) in [6, 6.07) is 1.48. The molecular weight excluding hydrogens is 450 g/mol. The molecule has 0 atom stereocenters. The lowest BCUT2D eigenvalue weighted by Gasteiger charge is -2.59. The summed E-state index contributed by atoms with van der Waals surface area (Å²) in [5.41, 5.74) is 5.29. The number of nitrogens with one attached hydrogen (secondary N) is 4. The molecule has 1 amide bonds. The molecule has 0 saturated heterocycles. The number of hydrogen-bond acceptors (Lipinski definition) is 12. The Kier molecular flexibility index (Phi) is 6.60. The molecule has 176 valence electrons. The summed E-state index contributed by atoms with van der Waals surface area (Å²) in [6.45, 7) is 0.482. The highest BCUT2D eigenvalue weighted by Crippen LogP contribution is 2.55. The average molecular weight is 476 g/mol. The van der Waals surface area contributed by atoms with Gasteiger partial charge in [-0.3, -0.25) is 10.1 Å². The van der Waals surface area contributed by atoms with E-state index in [0.29, 0.717) is 23.3 Å². The van der Waals surface area contributed by atoms with Crippen molar-refractivity contribution in [1.82, 2.24) is 10.2 Å². The number of amides is 1.